The molecule has 0 radical (unpaired) electrons. The van der Waals surface area contributed by atoms with Crippen LogP contribution in [-0.2, 0) is 9.47 Å². The molecule has 0 saturated carbocycles. The summed E-state index contributed by atoms with van der Waals surface area (Å²) >= 11 is 0. The Morgan fingerprint density at radius 2 is 2.19 bits per heavy atom. The lowest BCUT2D eigenvalue weighted by molar-refractivity contribution is -0.131. The monoisotopic (exact) mass is 216 g/mol. The summed E-state index contributed by atoms with van der Waals surface area (Å²) in [6.45, 7) is 2.91. The van der Waals surface area contributed by atoms with Gasteiger partial charge in [0.25, 0.3) is 0 Å². The minimum Gasteiger partial charge on any atom is -0.465 e. The molecule has 1 atom stereocenters. The van der Waals surface area contributed by atoms with E-state index in [1.807, 2.05) is 0 Å². The molecule has 84 valence electrons. The van der Waals surface area contributed by atoms with Crippen LogP contribution in [-0.4, -0.2) is 6.61 Å². The highest BCUT2D eigenvalue weighted by atomic mass is 16.7. The van der Waals surface area contributed by atoms with Crippen molar-refractivity contribution >= 4 is 6.08 Å². The predicted octanol–water partition coefficient (Wildman–Crippen LogP) is 3.57. The molecule has 2 nitrogen and oxygen atoms in total. The van der Waals surface area contributed by atoms with Crippen molar-refractivity contribution in [2.75, 3.05) is 6.61 Å². The Balaban J connectivity index is 2.06. The summed E-state index contributed by atoms with van der Waals surface area (Å²) in [6, 6.07) is 6.43. The van der Waals surface area contributed by atoms with E-state index in [0.29, 0.717) is 0 Å². The molecule has 0 aromatic heterocycles. The van der Waals surface area contributed by atoms with Gasteiger partial charge in [0, 0.05) is 12.0 Å². The number of aryl methyl sites for hydroxylation is 1. The van der Waals surface area contributed by atoms with Crippen LogP contribution in [0.3, 0.4) is 0 Å². The van der Waals surface area contributed by atoms with Crippen LogP contribution in [0.5, 0.6) is 0 Å². The molecule has 1 saturated heterocycles. The quantitative estimate of drug-likeness (QED) is 0.660. The highest BCUT2D eigenvalue weighted by Gasteiger charge is 2.24. The zero-order valence-corrected chi connectivity index (χ0v) is 9.53. The van der Waals surface area contributed by atoms with Gasteiger partial charge < -0.3 is 9.47 Å². The van der Waals surface area contributed by atoms with Gasteiger partial charge in [-0.25, -0.2) is 0 Å². The van der Waals surface area contributed by atoms with Gasteiger partial charge in [0.1, 0.15) is 5.76 Å². The van der Waals surface area contributed by atoms with Crippen LogP contribution in [0.15, 0.2) is 24.0 Å². The first-order valence-electron chi connectivity index (χ1n) is 5.92. The van der Waals surface area contributed by atoms with Gasteiger partial charge in [-0.05, 0) is 31.4 Å². The van der Waals surface area contributed by atoms with Crippen LogP contribution in [0.2, 0.25) is 0 Å². The highest BCUT2D eigenvalue weighted by Crippen LogP contribution is 2.35. The molecular formula is C14H16O2. The maximum atomic E-state index is 5.83. The van der Waals surface area contributed by atoms with E-state index in [4.69, 9.17) is 9.47 Å². The summed E-state index contributed by atoms with van der Waals surface area (Å²) in [4.78, 5) is 0. The second kappa shape index (κ2) is 3.95. The lowest BCUT2D eigenvalue weighted by Crippen LogP contribution is -2.17. The standard InChI is InChI=1S/C14H16O2/c1-10-5-6-13-11(8-10)9-12-4-2-3-7-15-14(13)16-12/h5-6,8-9,14H,2-4,7H2,1H3. The van der Waals surface area contributed by atoms with Crippen molar-refractivity contribution < 1.29 is 9.47 Å². The van der Waals surface area contributed by atoms with E-state index in [9.17, 15) is 0 Å². The summed E-state index contributed by atoms with van der Waals surface area (Å²) in [6.07, 6.45) is 5.29. The molecular weight excluding hydrogens is 200 g/mol. The first-order valence-corrected chi connectivity index (χ1v) is 5.92. The Kier molecular flexibility index (Phi) is 2.44. The number of ether oxygens (including phenoxy) is 2. The van der Waals surface area contributed by atoms with E-state index >= 15 is 0 Å². The van der Waals surface area contributed by atoms with Crippen LogP contribution < -0.4 is 0 Å². The van der Waals surface area contributed by atoms with Crippen LogP contribution >= 0.6 is 0 Å². The van der Waals surface area contributed by atoms with Crippen molar-refractivity contribution in [3.63, 3.8) is 0 Å². The molecule has 1 fully saturated rings. The summed E-state index contributed by atoms with van der Waals surface area (Å²) in [7, 11) is 0. The van der Waals surface area contributed by atoms with E-state index in [0.717, 1.165) is 37.2 Å². The van der Waals surface area contributed by atoms with Gasteiger partial charge in [-0.1, -0.05) is 23.8 Å². The van der Waals surface area contributed by atoms with E-state index in [1.165, 1.54) is 11.1 Å². The fourth-order valence-corrected chi connectivity index (χ4v) is 2.29. The average molecular weight is 216 g/mol. The van der Waals surface area contributed by atoms with Gasteiger partial charge in [0.2, 0.25) is 6.29 Å². The minimum absolute atomic E-state index is 0.184. The number of hydrogen-bond acceptors (Lipinski definition) is 2. The molecule has 2 aliphatic rings. The largest absolute Gasteiger partial charge is 0.465 e. The van der Waals surface area contributed by atoms with Crippen molar-refractivity contribution in [2.24, 2.45) is 0 Å². The molecule has 2 aliphatic heterocycles. The zero-order chi connectivity index (χ0) is 11.0. The number of hydrogen-bond donors (Lipinski definition) is 0. The van der Waals surface area contributed by atoms with E-state index in [2.05, 4.69) is 31.2 Å². The molecule has 3 rings (SSSR count). The summed E-state index contributed by atoms with van der Waals surface area (Å²) < 4.78 is 11.6. The summed E-state index contributed by atoms with van der Waals surface area (Å²) in [5.74, 6) is 1.07. The normalized spacial score (nSPS) is 23.6. The molecule has 2 bridgehead atoms. The Morgan fingerprint density at radius 3 is 3.12 bits per heavy atom. The first kappa shape index (κ1) is 9.91. The second-order valence-corrected chi connectivity index (χ2v) is 4.52. The van der Waals surface area contributed by atoms with Gasteiger partial charge in [-0.15, -0.1) is 0 Å². The number of allylic oxidation sites excluding steroid dienone is 1. The van der Waals surface area contributed by atoms with Crippen LogP contribution in [0.4, 0.5) is 0 Å². The molecule has 0 aliphatic carbocycles. The molecule has 1 aromatic carbocycles. The fraction of sp³-hybridized carbons (Fsp3) is 0.429. The zero-order valence-electron chi connectivity index (χ0n) is 9.53. The third-order valence-corrected chi connectivity index (χ3v) is 3.16. The highest BCUT2D eigenvalue weighted by molar-refractivity contribution is 5.59. The Bertz CT molecular complexity index is 434. The van der Waals surface area contributed by atoms with Crippen LogP contribution in [0.25, 0.3) is 6.08 Å². The fourth-order valence-electron chi connectivity index (χ4n) is 2.29. The van der Waals surface area contributed by atoms with Crippen molar-refractivity contribution in [1.29, 1.82) is 0 Å². The molecule has 1 aromatic rings. The van der Waals surface area contributed by atoms with E-state index in [-0.39, 0.29) is 6.29 Å². The molecule has 0 spiro atoms. The third-order valence-electron chi connectivity index (χ3n) is 3.16. The third kappa shape index (κ3) is 1.74. The number of fused-ring (bicyclic) bond motifs is 4. The van der Waals surface area contributed by atoms with Gasteiger partial charge in [-0.2, -0.15) is 0 Å². The number of benzene rings is 1. The lowest BCUT2D eigenvalue weighted by Gasteiger charge is -2.29. The smallest absolute Gasteiger partial charge is 0.226 e. The average Bonchev–Trinajstić information content (AvgIpc) is 2.24. The van der Waals surface area contributed by atoms with E-state index < -0.39 is 0 Å². The first-order chi connectivity index (χ1) is 7.83. The van der Waals surface area contributed by atoms with Crippen molar-refractivity contribution in [3.8, 4) is 0 Å². The van der Waals surface area contributed by atoms with Crippen LogP contribution in [0.1, 0.15) is 42.2 Å². The predicted molar refractivity (Wildman–Crippen MR) is 62.8 cm³/mol. The maximum absolute atomic E-state index is 5.83. The van der Waals surface area contributed by atoms with Crippen molar-refractivity contribution in [2.45, 2.75) is 32.5 Å². The van der Waals surface area contributed by atoms with Gasteiger partial charge in [0.15, 0.2) is 0 Å². The van der Waals surface area contributed by atoms with Gasteiger partial charge in [0.05, 0.1) is 6.61 Å². The molecule has 0 N–H and O–H groups in total. The molecule has 2 heterocycles. The van der Waals surface area contributed by atoms with Crippen molar-refractivity contribution in [3.05, 3.63) is 40.6 Å². The Labute approximate surface area is 95.9 Å². The van der Waals surface area contributed by atoms with Crippen LogP contribution in [0, 0.1) is 6.92 Å². The molecule has 2 heteroatoms. The maximum Gasteiger partial charge on any atom is 0.226 e. The molecule has 16 heavy (non-hydrogen) atoms. The number of rotatable bonds is 0. The van der Waals surface area contributed by atoms with Gasteiger partial charge in [-0.3, -0.25) is 0 Å². The minimum atomic E-state index is -0.184. The molecule has 1 unspecified atom stereocenters. The second-order valence-electron chi connectivity index (χ2n) is 4.52. The molecule has 0 amide bonds. The topological polar surface area (TPSA) is 18.5 Å². The van der Waals surface area contributed by atoms with E-state index in [1.54, 1.807) is 0 Å². The Morgan fingerprint density at radius 1 is 1.25 bits per heavy atom. The van der Waals surface area contributed by atoms with Gasteiger partial charge >= 0.3 is 0 Å². The van der Waals surface area contributed by atoms with Crippen molar-refractivity contribution in [1.82, 2.24) is 0 Å². The Hall–Kier alpha value is -1.28. The SMILES string of the molecule is Cc1ccc2c(c1)C=C1CCCCOC2O1. The summed E-state index contributed by atoms with van der Waals surface area (Å²) in [5, 5.41) is 0. The lowest BCUT2D eigenvalue weighted by atomic mass is 9.99. The summed E-state index contributed by atoms with van der Waals surface area (Å²) in [5.41, 5.74) is 3.71.